The second-order valence-corrected chi connectivity index (χ2v) is 4.38. The van der Waals surface area contributed by atoms with Crippen molar-refractivity contribution in [2.75, 3.05) is 19.5 Å². The second-order valence-electron chi connectivity index (χ2n) is 4.38. The molecule has 2 rings (SSSR count). The van der Waals surface area contributed by atoms with Gasteiger partial charge in [-0.05, 0) is 30.3 Å². The highest BCUT2D eigenvalue weighted by molar-refractivity contribution is 5.88. The standard InChI is InChI=1S/C16H16N3O3/c1-11(20)17-12-4-6-13(7-5-12)18-19-15-10-14(21-2)8-9-16(15)22-3/h4-7,9-10H,1-3H3,(H,17,20). The topological polar surface area (TPSA) is 72.3 Å². The van der Waals surface area contributed by atoms with Crippen molar-refractivity contribution in [1.29, 1.82) is 0 Å². The average molecular weight is 298 g/mol. The number of hydrogen-bond donors (Lipinski definition) is 1. The first-order valence-electron chi connectivity index (χ1n) is 6.55. The van der Waals surface area contributed by atoms with Gasteiger partial charge in [0, 0.05) is 24.7 Å². The minimum absolute atomic E-state index is 0.119. The van der Waals surface area contributed by atoms with E-state index in [1.54, 1.807) is 50.6 Å². The average Bonchev–Trinajstić information content (AvgIpc) is 2.53. The van der Waals surface area contributed by atoms with E-state index in [0.717, 1.165) is 0 Å². The smallest absolute Gasteiger partial charge is 0.221 e. The summed E-state index contributed by atoms with van der Waals surface area (Å²) in [5, 5.41) is 11.0. The fourth-order valence-electron chi connectivity index (χ4n) is 1.73. The number of nitrogens with one attached hydrogen (secondary N) is 1. The Bertz CT molecular complexity index is 682. The van der Waals surface area contributed by atoms with Crippen molar-refractivity contribution < 1.29 is 14.3 Å². The summed E-state index contributed by atoms with van der Waals surface area (Å²) in [6.45, 7) is 1.46. The summed E-state index contributed by atoms with van der Waals surface area (Å²) in [6, 6.07) is 13.3. The van der Waals surface area contributed by atoms with Gasteiger partial charge in [-0.15, -0.1) is 5.11 Å². The zero-order chi connectivity index (χ0) is 15.9. The molecule has 0 spiro atoms. The van der Waals surface area contributed by atoms with Gasteiger partial charge >= 0.3 is 0 Å². The molecule has 0 unspecified atom stereocenters. The number of anilines is 1. The summed E-state index contributed by atoms with van der Waals surface area (Å²) in [4.78, 5) is 11.0. The van der Waals surface area contributed by atoms with E-state index >= 15 is 0 Å². The zero-order valence-corrected chi connectivity index (χ0v) is 12.6. The van der Waals surface area contributed by atoms with Crippen LogP contribution in [0.15, 0.2) is 46.6 Å². The van der Waals surface area contributed by atoms with E-state index < -0.39 is 0 Å². The monoisotopic (exact) mass is 298 g/mol. The normalized spacial score (nSPS) is 10.5. The van der Waals surface area contributed by atoms with Crippen LogP contribution in [-0.4, -0.2) is 20.1 Å². The molecule has 0 aromatic heterocycles. The number of carbonyl (C=O) groups is 1. The first-order valence-corrected chi connectivity index (χ1v) is 6.55. The number of benzene rings is 2. The molecule has 0 saturated carbocycles. The summed E-state index contributed by atoms with van der Waals surface area (Å²) in [7, 11) is 3.11. The highest BCUT2D eigenvalue weighted by Crippen LogP contribution is 2.32. The van der Waals surface area contributed by atoms with Gasteiger partial charge in [0.25, 0.3) is 0 Å². The number of rotatable bonds is 5. The number of nitrogens with zero attached hydrogens (tertiary/aromatic N) is 2. The number of ether oxygens (including phenoxy) is 2. The van der Waals surface area contributed by atoms with Gasteiger partial charge in [-0.1, -0.05) is 0 Å². The summed E-state index contributed by atoms with van der Waals surface area (Å²) in [5.41, 5.74) is 1.91. The van der Waals surface area contributed by atoms with Crippen LogP contribution in [0.1, 0.15) is 6.92 Å². The van der Waals surface area contributed by atoms with Crippen LogP contribution in [-0.2, 0) is 4.79 Å². The third-order valence-corrected chi connectivity index (χ3v) is 2.77. The van der Waals surface area contributed by atoms with Crippen LogP contribution < -0.4 is 14.8 Å². The molecule has 1 N–H and O–H groups in total. The van der Waals surface area contributed by atoms with Crippen molar-refractivity contribution in [2.24, 2.45) is 10.2 Å². The molecule has 0 aliphatic heterocycles. The quantitative estimate of drug-likeness (QED) is 0.851. The molecule has 0 fully saturated rings. The Labute approximate surface area is 128 Å². The van der Waals surface area contributed by atoms with Crippen LogP contribution in [0.3, 0.4) is 0 Å². The minimum atomic E-state index is -0.119. The summed E-state index contributed by atoms with van der Waals surface area (Å²) >= 11 is 0. The van der Waals surface area contributed by atoms with Crippen LogP contribution >= 0.6 is 0 Å². The van der Waals surface area contributed by atoms with Crippen molar-refractivity contribution in [3.8, 4) is 11.5 Å². The van der Waals surface area contributed by atoms with Gasteiger partial charge in [-0.3, -0.25) is 4.79 Å². The van der Waals surface area contributed by atoms with E-state index in [2.05, 4.69) is 21.6 Å². The predicted octanol–water partition coefficient (Wildman–Crippen LogP) is 3.88. The van der Waals surface area contributed by atoms with Crippen LogP contribution in [0.4, 0.5) is 17.1 Å². The van der Waals surface area contributed by atoms with Crippen LogP contribution in [0.5, 0.6) is 11.5 Å². The third kappa shape index (κ3) is 4.05. The van der Waals surface area contributed by atoms with Gasteiger partial charge in [-0.2, -0.15) is 5.11 Å². The van der Waals surface area contributed by atoms with Gasteiger partial charge in [0.05, 0.1) is 19.9 Å². The predicted molar refractivity (Wildman–Crippen MR) is 83.3 cm³/mol. The molecule has 6 nitrogen and oxygen atoms in total. The van der Waals surface area contributed by atoms with Gasteiger partial charge < -0.3 is 14.8 Å². The Balaban J connectivity index is 2.19. The lowest BCUT2D eigenvalue weighted by Crippen LogP contribution is -2.04. The molecular formula is C16H16N3O3. The van der Waals surface area contributed by atoms with E-state index in [-0.39, 0.29) is 5.91 Å². The molecule has 0 saturated heterocycles. The number of azo groups is 1. The molecule has 0 aliphatic rings. The SMILES string of the molecule is COc1[c]cc(OC)c(N=Nc2ccc(NC(C)=O)cc2)c1. The Morgan fingerprint density at radius 2 is 1.86 bits per heavy atom. The second kappa shape index (κ2) is 7.21. The molecule has 1 radical (unpaired) electrons. The van der Waals surface area contributed by atoms with E-state index in [0.29, 0.717) is 28.6 Å². The maximum Gasteiger partial charge on any atom is 0.221 e. The molecule has 2 aromatic carbocycles. The Morgan fingerprint density at radius 3 is 2.45 bits per heavy atom. The largest absolute Gasteiger partial charge is 0.496 e. The summed E-state index contributed by atoms with van der Waals surface area (Å²) in [5.74, 6) is 0.988. The molecular weight excluding hydrogens is 282 g/mol. The van der Waals surface area contributed by atoms with Crippen molar-refractivity contribution in [3.05, 3.63) is 42.5 Å². The molecule has 22 heavy (non-hydrogen) atoms. The van der Waals surface area contributed by atoms with Gasteiger partial charge in [0.1, 0.15) is 17.2 Å². The first-order chi connectivity index (χ1) is 10.6. The molecule has 6 heteroatoms. The number of hydrogen-bond acceptors (Lipinski definition) is 5. The van der Waals surface area contributed by atoms with Crippen molar-refractivity contribution >= 4 is 23.0 Å². The molecule has 113 valence electrons. The highest BCUT2D eigenvalue weighted by atomic mass is 16.5. The van der Waals surface area contributed by atoms with Crippen molar-refractivity contribution in [3.63, 3.8) is 0 Å². The number of amides is 1. The van der Waals surface area contributed by atoms with E-state index in [9.17, 15) is 4.79 Å². The summed E-state index contributed by atoms with van der Waals surface area (Å²) in [6.07, 6.45) is 0. The van der Waals surface area contributed by atoms with Gasteiger partial charge in [0.2, 0.25) is 5.91 Å². The van der Waals surface area contributed by atoms with Crippen LogP contribution in [0.2, 0.25) is 0 Å². The Hall–Kier alpha value is -2.89. The molecule has 2 aromatic rings. The molecule has 0 bridgehead atoms. The third-order valence-electron chi connectivity index (χ3n) is 2.77. The van der Waals surface area contributed by atoms with Crippen molar-refractivity contribution in [1.82, 2.24) is 0 Å². The lowest BCUT2D eigenvalue weighted by atomic mass is 10.3. The van der Waals surface area contributed by atoms with Crippen LogP contribution in [0, 0.1) is 6.07 Å². The molecule has 0 atom stereocenters. The van der Waals surface area contributed by atoms with E-state index in [1.165, 1.54) is 6.92 Å². The Morgan fingerprint density at radius 1 is 1.14 bits per heavy atom. The fourth-order valence-corrected chi connectivity index (χ4v) is 1.73. The van der Waals surface area contributed by atoms with Crippen molar-refractivity contribution in [2.45, 2.75) is 6.92 Å². The lowest BCUT2D eigenvalue weighted by molar-refractivity contribution is -0.114. The maximum absolute atomic E-state index is 11.0. The molecule has 1 amide bonds. The highest BCUT2D eigenvalue weighted by Gasteiger charge is 2.04. The molecule has 0 aliphatic carbocycles. The maximum atomic E-state index is 11.0. The number of methoxy groups -OCH3 is 2. The minimum Gasteiger partial charge on any atom is -0.496 e. The van der Waals surface area contributed by atoms with Crippen LogP contribution in [0.25, 0.3) is 0 Å². The zero-order valence-electron chi connectivity index (χ0n) is 12.6. The lowest BCUT2D eigenvalue weighted by Gasteiger charge is -2.05. The van der Waals surface area contributed by atoms with Gasteiger partial charge in [-0.25, -0.2) is 0 Å². The Kier molecular flexibility index (Phi) is 5.08. The number of carbonyl (C=O) groups excluding carboxylic acids is 1. The van der Waals surface area contributed by atoms with E-state index in [4.69, 9.17) is 9.47 Å². The molecule has 0 heterocycles. The first kappa shape index (κ1) is 15.5. The van der Waals surface area contributed by atoms with Gasteiger partial charge in [0.15, 0.2) is 0 Å². The fraction of sp³-hybridized carbons (Fsp3) is 0.188. The summed E-state index contributed by atoms with van der Waals surface area (Å²) < 4.78 is 10.3. The van der Waals surface area contributed by atoms with E-state index in [1.807, 2.05) is 0 Å².